The predicted molar refractivity (Wildman–Crippen MR) is 65.0 cm³/mol. The standard InChI is InChI=1S/C13H19NO2/c1-10-8-11(5-7-13(10)16-3)4-6-12(15)9-14-2/h5,7-8,14H,4,6,9H2,1-3H3. The summed E-state index contributed by atoms with van der Waals surface area (Å²) in [6.45, 7) is 2.47. The molecule has 0 saturated carbocycles. The number of ketones is 1. The first kappa shape index (κ1) is 12.7. The zero-order valence-corrected chi connectivity index (χ0v) is 10.2. The van der Waals surface area contributed by atoms with Crippen molar-refractivity contribution in [3.63, 3.8) is 0 Å². The van der Waals surface area contributed by atoms with Gasteiger partial charge in [-0.15, -0.1) is 0 Å². The van der Waals surface area contributed by atoms with Crippen molar-refractivity contribution in [2.45, 2.75) is 19.8 Å². The van der Waals surface area contributed by atoms with E-state index >= 15 is 0 Å². The summed E-state index contributed by atoms with van der Waals surface area (Å²) in [6, 6.07) is 6.04. The minimum atomic E-state index is 0.246. The van der Waals surface area contributed by atoms with Gasteiger partial charge in [-0.05, 0) is 37.6 Å². The highest BCUT2D eigenvalue weighted by Crippen LogP contribution is 2.19. The summed E-state index contributed by atoms with van der Waals surface area (Å²) in [7, 11) is 3.45. The molecule has 0 aliphatic rings. The third-order valence-electron chi connectivity index (χ3n) is 2.53. The molecule has 0 atom stereocenters. The second-order valence-corrected chi connectivity index (χ2v) is 3.87. The highest BCUT2D eigenvalue weighted by atomic mass is 16.5. The van der Waals surface area contributed by atoms with Crippen LogP contribution in [0, 0.1) is 6.92 Å². The van der Waals surface area contributed by atoms with Crippen molar-refractivity contribution in [1.82, 2.24) is 5.32 Å². The lowest BCUT2D eigenvalue weighted by Gasteiger charge is -2.07. The number of ether oxygens (including phenoxy) is 1. The van der Waals surface area contributed by atoms with Crippen LogP contribution in [0.4, 0.5) is 0 Å². The van der Waals surface area contributed by atoms with E-state index in [1.807, 2.05) is 19.1 Å². The molecule has 0 radical (unpaired) electrons. The fraction of sp³-hybridized carbons (Fsp3) is 0.462. The van der Waals surface area contributed by atoms with E-state index in [1.165, 1.54) is 5.56 Å². The molecule has 0 saturated heterocycles. The molecule has 0 unspecified atom stereocenters. The van der Waals surface area contributed by atoms with Crippen LogP contribution in [0.1, 0.15) is 17.5 Å². The molecule has 0 fully saturated rings. The van der Waals surface area contributed by atoms with E-state index in [2.05, 4.69) is 11.4 Å². The fourth-order valence-electron chi connectivity index (χ4n) is 1.67. The molecule has 3 heteroatoms. The zero-order valence-electron chi connectivity index (χ0n) is 10.2. The summed E-state index contributed by atoms with van der Waals surface area (Å²) in [5, 5.41) is 2.86. The zero-order chi connectivity index (χ0) is 12.0. The highest BCUT2D eigenvalue weighted by Gasteiger charge is 2.03. The first-order chi connectivity index (χ1) is 7.67. The average Bonchev–Trinajstić information content (AvgIpc) is 2.27. The summed E-state index contributed by atoms with van der Waals surface area (Å²) in [5.74, 6) is 1.14. The maximum atomic E-state index is 11.3. The van der Waals surface area contributed by atoms with Gasteiger partial charge in [-0.3, -0.25) is 4.79 Å². The first-order valence-corrected chi connectivity index (χ1v) is 5.47. The number of Topliss-reactive ketones (excluding diaryl/α,β-unsaturated/α-hetero) is 1. The van der Waals surface area contributed by atoms with E-state index in [0.29, 0.717) is 13.0 Å². The van der Waals surface area contributed by atoms with Crippen LogP contribution in [0.5, 0.6) is 5.75 Å². The minimum Gasteiger partial charge on any atom is -0.496 e. The lowest BCUT2D eigenvalue weighted by Crippen LogP contribution is -2.18. The molecule has 1 rings (SSSR count). The second kappa shape index (κ2) is 6.28. The van der Waals surface area contributed by atoms with Crippen LogP contribution in [-0.4, -0.2) is 26.5 Å². The smallest absolute Gasteiger partial charge is 0.146 e. The van der Waals surface area contributed by atoms with Crippen molar-refractivity contribution in [2.75, 3.05) is 20.7 Å². The van der Waals surface area contributed by atoms with Gasteiger partial charge >= 0.3 is 0 Å². The SMILES string of the molecule is CNCC(=O)CCc1ccc(OC)c(C)c1. The maximum absolute atomic E-state index is 11.3. The minimum absolute atomic E-state index is 0.246. The summed E-state index contributed by atoms with van der Waals surface area (Å²) in [4.78, 5) is 11.3. The topological polar surface area (TPSA) is 38.3 Å². The Hall–Kier alpha value is -1.35. The number of carbonyl (C=O) groups is 1. The highest BCUT2D eigenvalue weighted by molar-refractivity contribution is 5.80. The molecule has 0 amide bonds. The van der Waals surface area contributed by atoms with Crippen molar-refractivity contribution < 1.29 is 9.53 Å². The number of hydrogen-bond donors (Lipinski definition) is 1. The van der Waals surface area contributed by atoms with Crippen LogP contribution in [0.25, 0.3) is 0 Å². The fourth-order valence-corrected chi connectivity index (χ4v) is 1.67. The second-order valence-electron chi connectivity index (χ2n) is 3.87. The maximum Gasteiger partial charge on any atom is 0.146 e. The van der Waals surface area contributed by atoms with Gasteiger partial charge in [0.05, 0.1) is 13.7 Å². The largest absolute Gasteiger partial charge is 0.496 e. The summed E-state index contributed by atoms with van der Waals surface area (Å²) in [5.41, 5.74) is 2.30. The van der Waals surface area contributed by atoms with Crippen LogP contribution in [0.3, 0.4) is 0 Å². The number of carbonyl (C=O) groups excluding carboxylic acids is 1. The number of nitrogens with one attached hydrogen (secondary N) is 1. The summed E-state index contributed by atoms with van der Waals surface area (Å²) >= 11 is 0. The molecule has 0 aromatic heterocycles. The lowest BCUT2D eigenvalue weighted by atomic mass is 10.0. The van der Waals surface area contributed by atoms with E-state index in [9.17, 15) is 4.79 Å². The van der Waals surface area contributed by atoms with Gasteiger partial charge in [-0.2, -0.15) is 0 Å². The van der Waals surface area contributed by atoms with E-state index in [4.69, 9.17) is 4.74 Å². The number of hydrogen-bond acceptors (Lipinski definition) is 3. The Morgan fingerprint density at radius 3 is 2.75 bits per heavy atom. The number of aryl methyl sites for hydroxylation is 2. The molecule has 0 spiro atoms. The summed E-state index contributed by atoms with van der Waals surface area (Å²) < 4.78 is 5.19. The van der Waals surface area contributed by atoms with Crippen LogP contribution in [0.15, 0.2) is 18.2 Å². The average molecular weight is 221 g/mol. The molecule has 88 valence electrons. The quantitative estimate of drug-likeness (QED) is 0.795. The molecule has 0 aliphatic carbocycles. The van der Waals surface area contributed by atoms with Gasteiger partial charge in [0.1, 0.15) is 11.5 Å². The van der Waals surface area contributed by atoms with Crippen molar-refractivity contribution in [2.24, 2.45) is 0 Å². The molecular weight excluding hydrogens is 202 g/mol. The molecule has 0 aliphatic heterocycles. The van der Waals surface area contributed by atoms with Gasteiger partial charge in [-0.1, -0.05) is 12.1 Å². The lowest BCUT2D eigenvalue weighted by molar-refractivity contribution is -0.118. The van der Waals surface area contributed by atoms with E-state index in [0.717, 1.165) is 17.7 Å². The molecule has 1 aromatic carbocycles. The molecule has 1 N–H and O–H groups in total. The number of benzene rings is 1. The van der Waals surface area contributed by atoms with Gasteiger partial charge in [0.2, 0.25) is 0 Å². The Morgan fingerprint density at radius 2 is 2.19 bits per heavy atom. The van der Waals surface area contributed by atoms with Crippen LogP contribution < -0.4 is 10.1 Å². The number of likely N-dealkylation sites (N-methyl/N-ethyl adjacent to an activating group) is 1. The van der Waals surface area contributed by atoms with Crippen molar-refractivity contribution in [3.05, 3.63) is 29.3 Å². The molecular formula is C13H19NO2. The van der Waals surface area contributed by atoms with Gasteiger partial charge in [0, 0.05) is 6.42 Å². The van der Waals surface area contributed by atoms with Crippen molar-refractivity contribution in [3.8, 4) is 5.75 Å². The van der Waals surface area contributed by atoms with Crippen LogP contribution >= 0.6 is 0 Å². The van der Waals surface area contributed by atoms with Gasteiger partial charge in [0.25, 0.3) is 0 Å². The summed E-state index contributed by atoms with van der Waals surface area (Å²) in [6.07, 6.45) is 1.39. The molecule has 16 heavy (non-hydrogen) atoms. The third kappa shape index (κ3) is 3.66. The van der Waals surface area contributed by atoms with Crippen LogP contribution in [0.2, 0.25) is 0 Å². The predicted octanol–water partition coefficient (Wildman–Crippen LogP) is 1.72. The normalized spacial score (nSPS) is 10.2. The Kier molecular flexibility index (Phi) is 4.99. The van der Waals surface area contributed by atoms with Gasteiger partial charge in [-0.25, -0.2) is 0 Å². The number of rotatable bonds is 6. The molecule has 0 heterocycles. The number of methoxy groups -OCH3 is 1. The Balaban J connectivity index is 2.55. The van der Waals surface area contributed by atoms with E-state index < -0.39 is 0 Å². The van der Waals surface area contributed by atoms with E-state index in [1.54, 1.807) is 14.2 Å². The van der Waals surface area contributed by atoms with Crippen molar-refractivity contribution in [1.29, 1.82) is 0 Å². The monoisotopic (exact) mass is 221 g/mol. The van der Waals surface area contributed by atoms with E-state index in [-0.39, 0.29) is 5.78 Å². The van der Waals surface area contributed by atoms with Gasteiger partial charge in [0.15, 0.2) is 0 Å². The third-order valence-corrected chi connectivity index (χ3v) is 2.53. The Bertz CT molecular complexity index is 361. The molecule has 0 bridgehead atoms. The van der Waals surface area contributed by atoms with Gasteiger partial charge < -0.3 is 10.1 Å². The van der Waals surface area contributed by atoms with Crippen LogP contribution in [-0.2, 0) is 11.2 Å². The first-order valence-electron chi connectivity index (χ1n) is 5.47. The van der Waals surface area contributed by atoms with Crippen molar-refractivity contribution >= 4 is 5.78 Å². The molecule has 1 aromatic rings. The Labute approximate surface area is 96.8 Å². The Morgan fingerprint density at radius 1 is 1.44 bits per heavy atom. The molecule has 3 nitrogen and oxygen atoms in total.